The minimum absolute atomic E-state index is 0.125. The molecule has 1 unspecified atom stereocenters. The zero-order valence-corrected chi connectivity index (χ0v) is 16.6. The number of nitrogens with zero attached hydrogens (tertiary/aromatic N) is 1. The fraction of sp³-hybridized carbons (Fsp3) is 0.136. The predicted molar refractivity (Wildman–Crippen MR) is 110 cm³/mol. The maximum absolute atomic E-state index is 12.2. The number of benzene rings is 3. The first-order valence-corrected chi connectivity index (χ1v) is 9.79. The SMILES string of the molecule is Cc1ccc(Sc2ccc(C3(O)NC(=O)c4ccccc43)cc2[N+](=O)[O-])c(C)c1. The van der Waals surface area contributed by atoms with Crippen LogP contribution in [0.2, 0.25) is 0 Å². The number of aliphatic hydroxyl groups is 1. The van der Waals surface area contributed by atoms with Crippen LogP contribution in [0, 0.1) is 24.0 Å². The van der Waals surface area contributed by atoms with Gasteiger partial charge in [0.25, 0.3) is 11.6 Å². The van der Waals surface area contributed by atoms with Gasteiger partial charge in [0, 0.05) is 27.7 Å². The van der Waals surface area contributed by atoms with Gasteiger partial charge in [0.2, 0.25) is 0 Å². The maximum Gasteiger partial charge on any atom is 0.283 e. The van der Waals surface area contributed by atoms with Gasteiger partial charge in [-0.25, -0.2) is 0 Å². The number of aryl methyl sites for hydroxylation is 2. The zero-order valence-electron chi connectivity index (χ0n) is 15.8. The molecule has 29 heavy (non-hydrogen) atoms. The third kappa shape index (κ3) is 3.28. The lowest BCUT2D eigenvalue weighted by Crippen LogP contribution is -2.40. The van der Waals surface area contributed by atoms with Crippen molar-refractivity contribution >= 4 is 23.4 Å². The lowest BCUT2D eigenvalue weighted by Gasteiger charge is -2.24. The van der Waals surface area contributed by atoms with Gasteiger partial charge in [0.05, 0.1) is 9.82 Å². The van der Waals surface area contributed by atoms with E-state index >= 15 is 0 Å². The Kier molecular flexibility index (Phi) is 4.64. The highest BCUT2D eigenvalue weighted by molar-refractivity contribution is 7.99. The summed E-state index contributed by atoms with van der Waals surface area (Å²) >= 11 is 1.30. The molecule has 0 spiro atoms. The first kappa shape index (κ1) is 19.2. The average Bonchev–Trinajstić information content (AvgIpc) is 2.96. The van der Waals surface area contributed by atoms with E-state index in [0.717, 1.165) is 16.0 Å². The molecule has 0 saturated carbocycles. The highest BCUT2D eigenvalue weighted by Crippen LogP contribution is 2.41. The number of nitro groups is 1. The van der Waals surface area contributed by atoms with E-state index in [4.69, 9.17) is 0 Å². The summed E-state index contributed by atoms with van der Waals surface area (Å²) < 4.78 is 0. The van der Waals surface area contributed by atoms with Gasteiger partial charge in [-0.2, -0.15) is 0 Å². The van der Waals surface area contributed by atoms with E-state index in [-0.39, 0.29) is 11.3 Å². The minimum atomic E-state index is -1.80. The smallest absolute Gasteiger partial charge is 0.283 e. The van der Waals surface area contributed by atoms with Crippen LogP contribution < -0.4 is 5.32 Å². The fourth-order valence-corrected chi connectivity index (χ4v) is 4.49. The summed E-state index contributed by atoms with van der Waals surface area (Å²) in [5.41, 5.74) is 1.20. The van der Waals surface area contributed by atoms with Gasteiger partial charge in [-0.05, 0) is 37.6 Å². The second-order valence-corrected chi connectivity index (χ2v) is 8.10. The second kappa shape index (κ2) is 7.02. The van der Waals surface area contributed by atoms with E-state index in [1.165, 1.54) is 17.8 Å². The zero-order chi connectivity index (χ0) is 20.8. The Hall–Kier alpha value is -3.16. The average molecular weight is 406 g/mol. The number of amides is 1. The van der Waals surface area contributed by atoms with Crippen LogP contribution in [0.1, 0.15) is 32.6 Å². The number of carbonyl (C=O) groups is 1. The molecule has 0 aromatic heterocycles. The highest BCUT2D eigenvalue weighted by Gasteiger charge is 2.43. The first-order chi connectivity index (χ1) is 13.8. The molecule has 0 radical (unpaired) electrons. The summed E-state index contributed by atoms with van der Waals surface area (Å²) in [6.07, 6.45) is 0. The van der Waals surface area contributed by atoms with Gasteiger partial charge in [0.15, 0.2) is 5.72 Å². The normalized spacial score (nSPS) is 17.7. The summed E-state index contributed by atoms with van der Waals surface area (Å²) in [7, 11) is 0. The van der Waals surface area contributed by atoms with Crippen LogP contribution in [0.25, 0.3) is 0 Å². The molecule has 1 aliphatic rings. The minimum Gasteiger partial charge on any atom is -0.363 e. The molecule has 0 fully saturated rings. The van der Waals surface area contributed by atoms with Gasteiger partial charge in [-0.3, -0.25) is 14.9 Å². The lowest BCUT2D eigenvalue weighted by atomic mass is 9.94. The molecule has 4 rings (SSSR count). The van der Waals surface area contributed by atoms with Crippen molar-refractivity contribution in [3.05, 3.63) is 98.6 Å². The van der Waals surface area contributed by atoms with Crippen LogP contribution in [-0.4, -0.2) is 15.9 Å². The third-order valence-corrected chi connectivity index (χ3v) is 6.22. The molecule has 1 atom stereocenters. The number of rotatable bonds is 4. The quantitative estimate of drug-likeness (QED) is 0.498. The number of hydrogen-bond acceptors (Lipinski definition) is 5. The molecule has 3 aromatic carbocycles. The Labute approximate surface area is 171 Å². The monoisotopic (exact) mass is 406 g/mol. The standard InChI is InChI=1S/C22H18N2O4S/c1-13-7-9-19(14(2)11-13)29-20-10-8-15(12-18(20)24(27)28)22(26)17-6-4-3-5-16(17)21(25)23-22/h3-12,26H,1-2H3,(H,23,25). The van der Waals surface area contributed by atoms with Crippen LogP contribution in [0.5, 0.6) is 0 Å². The highest BCUT2D eigenvalue weighted by atomic mass is 32.2. The number of nitrogens with one attached hydrogen (secondary N) is 1. The Morgan fingerprint density at radius 1 is 1.03 bits per heavy atom. The molecule has 2 N–H and O–H groups in total. The molecule has 7 heteroatoms. The van der Waals surface area contributed by atoms with E-state index in [2.05, 4.69) is 5.32 Å². The second-order valence-electron chi connectivity index (χ2n) is 7.02. The summed E-state index contributed by atoms with van der Waals surface area (Å²) in [6.45, 7) is 3.95. The van der Waals surface area contributed by atoms with Gasteiger partial charge in [-0.1, -0.05) is 53.7 Å². The summed E-state index contributed by atoms with van der Waals surface area (Å²) in [6, 6.07) is 17.1. The van der Waals surface area contributed by atoms with Gasteiger partial charge in [0.1, 0.15) is 0 Å². The number of nitro benzene ring substituents is 1. The summed E-state index contributed by atoms with van der Waals surface area (Å²) in [5.74, 6) is -0.417. The van der Waals surface area contributed by atoms with Crippen molar-refractivity contribution in [1.29, 1.82) is 0 Å². The molecule has 146 valence electrons. The molecular weight excluding hydrogens is 388 g/mol. The van der Waals surface area contributed by atoms with E-state index in [1.807, 2.05) is 32.0 Å². The van der Waals surface area contributed by atoms with Gasteiger partial charge in [-0.15, -0.1) is 0 Å². The largest absolute Gasteiger partial charge is 0.363 e. The fourth-order valence-electron chi connectivity index (χ4n) is 3.53. The Bertz CT molecular complexity index is 1160. The molecule has 6 nitrogen and oxygen atoms in total. The Morgan fingerprint density at radius 2 is 1.76 bits per heavy atom. The van der Waals surface area contributed by atoms with Crippen molar-refractivity contribution in [3.63, 3.8) is 0 Å². The first-order valence-electron chi connectivity index (χ1n) is 8.98. The van der Waals surface area contributed by atoms with Crippen LogP contribution in [0.15, 0.2) is 70.5 Å². The summed E-state index contributed by atoms with van der Waals surface area (Å²) in [5, 5.41) is 25.5. The molecular formula is C22H18N2O4S. The van der Waals surface area contributed by atoms with Crippen molar-refractivity contribution in [3.8, 4) is 0 Å². The van der Waals surface area contributed by atoms with Crippen LogP contribution in [-0.2, 0) is 5.72 Å². The van der Waals surface area contributed by atoms with Crippen molar-refractivity contribution in [2.24, 2.45) is 0 Å². The molecule has 0 aliphatic carbocycles. The molecule has 1 heterocycles. The number of carbonyl (C=O) groups excluding carboxylic acids is 1. The Morgan fingerprint density at radius 3 is 2.48 bits per heavy atom. The topological polar surface area (TPSA) is 92.5 Å². The third-order valence-electron chi connectivity index (χ3n) is 4.98. The maximum atomic E-state index is 12.2. The van der Waals surface area contributed by atoms with Crippen molar-refractivity contribution in [1.82, 2.24) is 5.32 Å². The van der Waals surface area contributed by atoms with E-state index in [0.29, 0.717) is 16.0 Å². The van der Waals surface area contributed by atoms with Gasteiger partial charge < -0.3 is 10.4 Å². The molecule has 1 aliphatic heterocycles. The number of hydrogen-bond donors (Lipinski definition) is 2. The predicted octanol–water partition coefficient (Wildman–Crippen LogP) is 4.30. The van der Waals surface area contributed by atoms with Crippen LogP contribution >= 0.6 is 11.8 Å². The molecule has 3 aromatic rings. The van der Waals surface area contributed by atoms with Gasteiger partial charge >= 0.3 is 0 Å². The molecule has 0 bridgehead atoms. The van der Waals surface area contributed by atoms with E-state index in [9.17, 15) is 20.0 Å². The van der Waals surface area contributed by atoms with E-state index in [1.54, 1.807) is 36.4 Å². The van der Waals surface area contributed by atoms with Crippen LogP contribution in [0.3, 0.4) is 0 Å². The van der Waals surface area contributed by atoms with Crippen molar-refractivity contribution < 1.29 is 14.8 Å². The van der Waals surface area contributed by atoms with Crippen molar-refractivity contribution in [2.75, 3.05) is 0 Å². The molecule has 1 amide bonds. The Balaban J connectivity index is 1.78. The lowest BCUT2D eigenvalue weighted by molar-refractivity contribution is -0.387. The number of fused-ring (bicyclic) bond motifs is 1. The van der Waals surface area contributed by atoms with Crippen LogP contribution in [0.4, 0.5) is 5.69 Å². The van der Waals surface area contributed by atoms with E-state index < -0.39 is 16.6 Å². The summed E-state index contributed by atoms with van der Waals surface area (Å²) in [4.78, 5) is 24.9. The van der Waals surface area contributed by atoms with Crippen molar-refractivity contribution in [2.45, 2.75) is 29.4 Å². The molecule has 0 saturated heterocycles.